The van der Waals surface area contributed by atoms with Crippen LogP contribution in [0.15, 0.2) is 72.9 Å². The Bertz CT molecular complexity index is 1310. The van der Waals surface area contributed by atoms with E-state index in [0.29, 0.717) is 19.3 Å². The number of ether oxygens (including phenoxy) is 3. The van der Waals surface area contributed by atoms with Crippen molar-refractivity contribution in [2.45, 2.75) is 303 Å². The molecule has 0 bridgehead atoms. The lowest BCUT2D eigenvalue weighted by atomic mass is 10.0. The first kappa shape index (κ1) is 66.9. The Morgan fingerprint density at radius 1 is 0.286 bits per heavy atom. The van der Waals surface area contributed by atoms with Gasteiger partial charge in [0.15, 0.2) is 6.10 Å². The fraction of sp³-hybridized carbons (Fsp3) is 0.766. The predicted octanol–water partition coefficient (Wildman–Crippen LogP) is 20.2. The van der Waals surface area contributed by atoms with Crippen LogP contribution in [0, 0.1) is 0 Å². The van der Waals surface area contributed by atoms with Crippen LogP contribution in [-0.2, 0) is 28.6 Å². The summed E-state index contributed by atoms with van der Waals surface area (Å²) in [5, 5.41) is 0. The molecule has 0 aromatic carbocycles. The molecule has 0 aliphatic carbocycles. The second-order valence-corrected chi connectivity index (χ2v) is 20.0. The summed E-state index contributed by atoms with van der Waals surface area (Å²) in [6, 6.07) is 0. The largest absolute Gasteiger partial charge is 0.462 e. The molecule has 0 amide bonds. The molecule has 0 spiro atoms. The summed E-state index contributed by atoms with van der Waals surface area (Å²) in [6.07, 6.45) is 74.6. The molecule has 6 nitrogen and oxygen atoms in total. The summed E-state index contributed by atoms with van der Waals surface area (Å²) in [4.78, 5) is 38.2. The maximum atomic E-state index is 12.9. The zero-order valence-corrected chi connectivity index (χ0v) is 46.3. The van der Waals surface area contributed by atoms with Crippen molar-refractivity contribution in [3.63, 3.8) is 0 Å². The quantitative estimate of drug-likeness (QED) is 0.0261. The molecule has 0 heterocycles. The molecule has 0 aliphatic heterocycles. The van der Waals surface area contributed by atoms with Crippen molar-refractivity contribution in [1.29, 1.82) is 0 Å². The zero-order valence-electron chi connectivity index (χ0n) is 46.3. The second kappa shape index (κ2) is 58.4. The van der Waals surface area contributed by atoms with E-state index < -0.39 is 6.10 Å². The van der Waals surface area contributed by atoms with Gasteiger partial charge in [-0.3, -0.25) is 14.4 Å². The van der Waals surface area contributed by atoms with Crippen molar-refractivity contribution < 1.29 is 28.6 Å². The average Bonchev–Trinajstić information content (AvgIpc) is 3.36. The molecular weight excluding hydrogens is 865 g/mol. The molecule has 0 radical (unpaired) electrons. The Hall–Kier alpha value is -3.15. The molecule has 6 heteroatoms. The molecule has 1 atom stereocenters. The van der Waals surface area contributed by atoms with E-state index in [1.807, 2.05) is 0 Å². The minimum Gasteiger partial charge on any atom is -0.462 e. The van der Waals surface area contributed by atoms with Gasteiger partial charge in [-0.1, -0.05) is 280 Å². The third-order valence-electron chi connectivity index (χ3n) is 13.1. The molecule has 0 rings (SSSR count). The maximum Gasteiger partial charge on any atom is 0.306 e. The lowest BCUT2D eigenvalue weighted by Gasteiger charge is -2.18. The van der Waals surface area contributed by atoms with Gasteiger partial charge >= 0.3 is 17.9 Å². The van der Waals surface area contributed by atoms with Crippen molar-refractivity contribution in [2.24, 2.45) is 0 Å². The standard InChI is InChI=1S/C64H112O6/c1-4-7-10-13-16-19-22-25-28-31-33-36-39-42-45-48-51-54-57-63(66)69-60-61(59-68-62(65)56-53-50-47-44-41-38-35-30-27-24-21-18-15-12-9-6-3)70-64(67)58-55-52-49-46-43-40-37-34-32-29-26-23-20-17-14-11-8-5-2/h16,19,22,25,28,30-31,33,35-36,38,41,61H,4-15,17-18,20-21,23-24,26-27,29,32,34,37,39-40,42-60H2,1-3H3/b19-16-,25-22-,31-28-,35-30-,36-33-,41-38-. The van der Waals surface area contributed by atoms with Crippen molar-refractivity contribution in [3.8, 4) is 0 Å². The van der Waals surface area contributed by atoms with E-state index in [1.54, 1.807) is 0 Å². The summed E-state index contributed by atoms with van der Waals surface area (Å²) in [6.45, 7) is 6.59. The number of allylic oxidation sites excluding steroid dienone is 12. The van der Waals surface area contributed by atoms with Crippen LogP contribution < -0.4 is 0 Å². The first-order valence-electron chi connectivity index (χ1n) is 30.0. The van der Waals surface area contributed by atoms with Gasteiger partial charge in [0.2, 0.25) is 0 Å². The van der Waals surface area contributed by atoms with Gasteiger partial charge in [0.25, 0.3) is 0 Å². The Kier molecular flexibility index (Phi) is 55.8. The van der Waals surface area contributed by atoms with Gasteiger partial charge in [0.1, 0.15) is 13.2 Å². The minimum atomic E-state index is -0.795. The molecule has 1 unspecified atom stereocenters. The number of hydrogen-bond donors (Lipinski definition) is 0. The Balaban J connectivity index is 4.45. The predicted molar refractivity (Wildman–Crippen MR) is 302 cm³/mol. The molecule has 0 N–H and O–H groups in total. The molecule has 0 aromatic heterocycles. The molecule has 70 heavy (non-hydrogen) atoms. The Labute approximate surface area is 433 Å². The van der Waals surface area contributed by atoms with Crippen molar-refractivity contribution in [1.82, 2.24) is 0 Å². The van der Waals surface area contributed by atoms with Crippen LogP contribution in [0.1, 0.15) is 297 Å². The maximum absolute atomic E-state index is 12.9. The van der Waals surface area contributed by atoms with Crippen LogP contribution in [0.2, 0.25) is 0 Å². The van der Waals surface area contributed by atoms with Crippen LogP contribution in [0.25, 0.3) is 0 Å². The Morgan fingerprint density at radius 3 is 0.857 bits per heavy atom. The van der Waals surface area contributed by atoms with E-state index in [-0.39, 0.29) is 31.1 Å². The highest BCUT2D eigenvalue weighted by Crippen LogP contribution is 2.16. The van der Waals surface area contributed by atoms with Gasteiger partial charge in [-0.2, -0.15) is 0 Å². The van der Waals surface area contributed by atoms with E-state index in [1.165, 1.54) is 161 Å². The SMILES string of the molecule is CCCCC\C=C/C=C\C=C/C=C\CCCCCCCC(=O)OCC(COC(=O)CCCCC/C=C\C=C/CCCCCCCCC)OC(=O)CCCCCCCCCCCCCCCCCCCC. The second-order valence-electron chi connectivity index (χ2n) is 20.0. The van der Waals surface area contributed by atoms with Gasteiger partial charge in [0, 0.05) is 19.3 Å². The molecule has 0 saturated carbocycles. The van der Waals surface area contributed by atoms with Gasteiger partial charge < -0.3 is 14.2 Å². The van der Waals surface area contributed by atoms with Gasteiger partial charge in [-0.05, 0) is 70.6 Å². The third-order valence-corrected chi connectivity index (χ3v) is 13.1. The molecule has 404 valence electrons. The Morgan fingerprint density at radius 2 is 0.514 bits per heavy atom. The topological polar surface area (TPSA) is 78.9 Å². The highest BCUT2D eigenvalue weighted by molar-refractivity contribution is 5.71. The molecular formula is C64H112O6. The van der Waals surface area contributed by atoms with Gasteiger partial charge in [-0.25, -0.2) is 0 Å². The number of hydrogen-bond acceptors (Lipinski definition) is 6. The fourth-order valence-corrected chi connectivity index (χ4v) is 8.51. The van der Waals surface area contributed by atoms with Crippen LogP contribution in [0.3, 0.4) is 0 Å². The lowest BCUT2D eigenvalue weighted by molar-refractivity contribution is -0.167. The minimum absolute atomic E-state index is 0.0941. The van der Waals surface area contributed by atoms with Crippen molar-refractivity contribution in [2.75, 3.05) is 13.2 Å². The van der Waals surface area contributed by atoms with Gasteiger partial charge in [0.05, 0.1) is 0 Å². The number of carbonyl (C=O) groups is 3. The summed E-state index contributed by atoms with van der Waals surface area (Å²) in [5.41, 5.74) is 0. The van der Waals surface area contributed by atoms with Crippen LogP contribution in [0.5, 0.6) is 0 Å². The fourth-order valence-electron chi connectivity index (χ4n) is 8.51. The van der Waals surface area contributed by atoms with Crippen LogP contribution >= 0.6 is 0 Å². The average molecular weight is 978 g/mol. The summed E-state index contributed by atoms with van der Waals surface area (Å²) >= 11 is 0. The smallest absolute Gasteiger partial charge is 0.306 e. The third kappa shape index (κ3) is 55.8. The highest BCUT2D eigenvalue weighted by Gasteiger charge is 2.19. The summed E-state index contributed by atoms with van der Waals surface area (Å²) in [7, 11) is 0. The van der Waals surface area contributed by atoms with E-state index in [2.05, 4.69) is 93.7 Å². The molecule has 0 saturated heterocycles. The van der Waals surface area contributed by atoms with E-state index >= 15 is 0 Å². The van der Waals surface area contributed by atoms with Crippen LogP contribution in [-0.4, -0.2) is 37.2 Å². The van der Waals surface area contributed by atoms with E-state index in [9.17, 15) is 14.4 Å². The number of carbonyl (C=O) groups excluding carboxylic acids is 3. The monoisotopic (exact) mass is 977 g/mol. The zero-order chi connectivity index (χ0) is 50.7. The normalized spacial score (nSPS) is 12.6. The summed E-state index contributed by atoms with van der Waals surface area (Å²) in [5.74, 6) is -0.928. The van der Waals surface area contributed by atoms with Crippen molar-refractivity contribution in [3.05, 3.63) is 72.9 Å². The van der Waals surface area contributed by atoms with E-state index in [0.717, 1.165) is 96.3 Å². The highest BCUT2D eigenvalue weighted by atomic mass is 16.6. The first-order chi connectivity index (χ1) is 34.5. The first-order valence-corrected chi connectivity index (χ1v) is 30.0. The molecule has 0 aromatic rings. The molecule has 0 aliphatic rings. The summed E-state index contributed by atoms with van der Waals surface area (Å²) < 4.78 is 16.9. The van der Waals surface area contributed by atoms with Gasteiger partial charge in [-0.15, -0.1) is 0 Å². The number of esters is 3. The lowest BCUT2D eigenvalue weighted by Crippen LogP contribution is -2.30. The number of rotatable bonds is 54. The van der Waals surface area contributed by atoms with E-state index in [4.69, 9.17) is 14.2 Å². The molecule has 0 fully saturated rings. The van der Waals surface area contributed by atoms with Crippen molar-refractivity contribution >= 4 is 17.9 Å². The van der Waals surface area contributed by atoms with Crippen LogP contribution in [0.4, 0.5) is 0 Å². The number of unbranched alkanes of at least 4 members (excludes halogenated alkanes) is 35.